The molecule has 1 nitrogen and oxygen atoms in total. The molecule has 0 radical (unpaired) electrons. The number of hydrogen-bond acceptors (Lipinski definition) is 2. The van der Waals surface area contributed by atoms with Gasteiger partial charge in [-0.3, -0.25) is 0 Å². The van der Waals surface area contributed by atoms with Gasteiger partial charge in [0.15, 0.2) is 0 Å². The van der Waals surface area contributed by atoms with Crippen LogP contribution in [0.2, 0.25) is 0 Å². The first-order valence-electron chi connectivity index (χ1n) is 6.22. The van der Waals surface area contributed by atoms with Crippen LogP contribution in [0.1, 0.15) is 29.9 Å². The second-order valence-corrected chi connectivity index (χ2v) is 5.66. The lowest BCUT2D eigenvalue weighted by Crippen LogP contribution is -2.14. The fourth-order valence-corrected chi connectivity index (χ4v) is 3.53. The second kappa shape index (κ2) is 6.31. The number of nitrogens with one attached hydrogen (secondary N) is 1. The van der Waals surface area contributed by atoms with Gasteiger partial charge >= 0.3 is 0 Å². The SMILES string of the molecule is CNCCc1ccccc1C1CCSCC1. The van der Waals surface area contributed by atoms with Crippen LogP contribution in [0, 0.1) is 0 Å². The molecule has 1 aromatic rings. The standard InChI is InChI=1S/C14H21NS/c1-15-9-6-12-4-2-3-5-14(12)13-7-10-16-11-8-13/h2-5,13,15H,6-11H2,1H3. The van der Waals surface area contributed by atoms with E-state index in [9.17, 15) is 0 Å². The number of rotatable bonds is 4. The van der Waals surface area contributed by atoms with Crippen LogP contribution in [0.15, 0.2) is 24.3 Å². The third-order valence-corrected chi connectivity index (χ3v) is 4.41. The molecule has 2 rings (SSSR count). The van der Waals surface area contributed by atoms with E-state index in [1.807, 2.05) is 7.05 Å². The van der Waals surface area contributed by atoms with Crippen molar-refractivity contribution in [3.8, 4) is 0 Å². The first kappa shape index (κ1) is 12.0. The molecular formula is C14H21NS. The topological polar surface area (TPSA) is 12.0 Å². The lowest BCUT2D eigenvalue weighted by atomic mass is 9.88. The Morgan fingerprint density at radius 3 is 2.75 bits per heavy atom. The summed E-state index contributed by atoms with van der Waals surface area (Å²) < 4.78 is 0. The van der Waals surface area contributed by atoms with Crippen LogP contribution in [0.4, 0.5) is 0 Å². The molecule has 1 fully saturated rings. The van der Waals surface area contributed by atoms with E-state index in [2.05, 4.69) is 41.3 Å². The van der Waals surface area contributed by atoms with E-state index >= 15 is 0 Å². The molecule has 1 saturated heterocycles. The average Bonchev–Trinajstić information content (AvgIpc) is 2.38. The Hall–Kier alpha value is -0.470. The first-order chi connectivity index (χ1) is 7.92. The van der Waals surface area contributed by atoms with Gasteiger partial charge in [-0.25, -0.2) is 0 Å². The number of thioether (sulfide) groups is 1. The largest absolute Gasteiger partial charge is 0.319 e. The van der Waals surface area contributed by atoms with Crippen LogP contribution < -0.4 is 5.32 Å². The first-order valence-corrected chi connectivity index (χ1v) is 7.37. The van der Waals surface area contributed by atoms with Crippen molar-refractivity contribution in [3.05, 3.63) is 35.4 Å². The molecule has 0 bridgehead atoms. The minimum atomic E-state index is 0.814. The molecule has 2 heteroatoms. The van der Waals surface area contributed by atoms with Crippen molar-refractivity contribution in [2.75, 3.05) is 25.1 Å². The van der Waals surface area contributed by atoms with Gasteiger partial charge in [-0.05, 0) is 61.4 Å². The highest BCUT2D eigenvalue weighted by molar-refractivity contribution is 7.99. The van der Waals surface area contributed by atoms with Crippen molar-refractivity contribution in [1.29, 1.82) is 0 Å². The Morgan fingerprint density at radius 2 is 2.00 bits per heavy atom. The highest BCUT2D eigenvalue weighted by Gasteiger charge is 2.17. The molecule has 1 aliphatic rings. The summed E-state index contributed by atoms with van der Waals surface area (Å²) in [5.74, 6) is 3.49. The summed E-state index contributed by atoms with van der Waals surface area (Å²) in [5.41, 5.74) is 3.16. The van der Waals surface area contributed by atoms with Gasteiger partial charge in [0.25, 0.3) is 0 Å². The normalized spacial score (nSPS) is 17.6. The summed E-state index contributed by atoms with van der Waals surface area (Å²) in [6, 6.07) is 9.01. The average molecular weight is 235 g/mol. The van der Waals surface area contributed by atoms with E-state index in [0.717, 1.165) is 18.9 Å². The molecule has 0 atom stereocenters. The Morgan fingerprint density at radius 1 is 1.25 bits per heavy atom. The summed E-state index contributed by atoms with van der Waals surface area (Å²) in [5, 5.41) is 3.24. The summed E-state index contributed by atoms with van der Waals surface area (Å²) in [6.07, 6.45) is 3.89. The van der Waals surface area contributed by atoms with E-state index in [-0.39, 0.29) is 0 Å². The highest BCUT2D eigenvalue weighted by atomic mass is 32.2. The summed E-state index contributed by atoms with van der Waals surface area (Å²) in [4.78, 5) is 0. The van der Waals surface area contributed by atoms with Crippen molar-refractivity contribution < 1.29 is 0 Å². The van der Waals surface area contributed by atoms with Gasteiger partial charge in [0.2, 0.25) is 0 Å². The fraction of sp³-hybridized carbons (Fsp3) is 0.571. The molecule has 16 heavy (non-hydrogen) atoms. The van der Waals surface area contributed by atoms with Crippen LogP contribution in [0.3, 0.4) is 0 Å². The maximum absolute atomic E-state index is 3.24. The van der Waals surface area contributed by atoms with E-state index in [1.54, 1.807) is 11.1 Å². The predicted octanol–water partition coefficient (Wildman–Crippen LogP) is 3.06. The zero-order chi connectivity index (χ0) is 11.2. The minimum absolute atomic E-state index is 0.814. The lowest BCUT2D eigenvalue weighted by molar-refractivity contribution is 0.627. The summed E-state index contributed by atoms with van der Waals surface area (Å²) >= 11 is 2.10. The third kappa shape index (κ3) is 3.02. The van der Waals surface area contributed by atoms with Gasteiger partial charge < -0.3 is 5.32 Å². The molecule has 0 aromatic heterocycles. The van der Waals surface area contributed by atoms with Crippen molar-refractivity contribution in [3.63, 3.8) is 0 Å². The van der Waals surface area contributed by atoms with Gasteiger partial charge in [-0.1, -0.05) is 24.3 Å². The lowest BCUT2D eigenvalue weighted by Gasteiger charge is -2.24. The molecule has 1 N–H and O–H groups in total. The third-order valence-electron chi connectivity index (χ3n) is 3.36. The Labute approximate surface area is 103 Å². The number of hydrogen-bond donors (Lipinski definition) is 1. The Bertz CT molecular complexity index is 318. The molecule has 0 saturated carbocycles. The zero-order valence-electron chi connectivity index (χ0n) is 10.0. The van der Waals surface area contributed by atoms with Crippen LogP contribution in [0.5, 0.6) is 0 Å². The molecule has 0 amide bonds. The zero-order valence-corrected chi connectivity index (χ0v) is 10.9. The monoisotopic (exact) mass is 235 g/mol. The van der Waals surface area contributed by atoms with Crippen LogP contribution in [-0.2, 0) is 6.42 Å². The predicted molar refractivity (Wildman–Crippen MR) is 73.4 cm³/mol. The van der Waals surface area contributed by atoms with Crippen LogP contribution in [-0.4, -0.2) is 25.1 Å². The van der Waals surface area contributed by atoms with Gasteiger partial charge in [-0.15, -0.1) is 0 Å². The van der Waals surface area contributed by atoms with Gasteiger partial charge in [0, 0.05) is 0 Å². The summed E-state index contributed by atoms with van der Waals surface area (Å²) in [7, 11) is 2.03. The van der Waals surface area contributed by atoms with Gasteiger partial charge in [0.1, 0.15) is 0 Å². The summed E-state index contributed by atoms with van der Waals surface area (Å²) in [6.45, 7) is 1.08. The fourth-order valence-electron chi connectivity index (χ4n) is 2.43. The smallest absolute Gasteiger partial charge is 0.00113 e. The van der Waals surface area contributed by atoms with Crippen LogP contribution in [0.25, 0.3) is 0 Å². The highest BCUT2D eigenvalue weighted by Crippen LogP contribution is 2.33. The molecular weight excluding hydrogens is 214 g/mol. The van der Waals surface area contributed by atoms with Crippen molar-refractivity contribution in [1.82, 2.24) is 5.32 Å². The Kier molecular flexibility index (Phi) is 4.73. The number of likely N-dealkylation sites (N-methyl/N-ethyl adjacent to an activating group) is 1. The number of benzene rings is 1. The van der Waals surface area contributed by atoms with Crippen LogP contribution >= 0.6 is 11.8 Å². The molecule has 0 aliphatic carbocycles. The quantitative estimate of drug-likeness (QED) is 0.861. The van der Waals surface area contributed by atoms with E-state index in [0.29, 0.717) is 0 Å². The van der Waals surface area contributed by atoms with Crippen molar-refractivity contribution in [2.24, 2.45) is 0 Å². The van der Waals surface area contributed by atoms with Crippen molar-refractivity contribution in [2.45, 2.75) is 25.2 Å². The molecule has 1 heterocycles. The minimum Gasteiger partial charge on any atom is -0.319 e. The van der Waals surface area contributed by atoms with E-state index in [4.69, 9.17) is 0 Å². The molecule has 1 aliphatic heterocycles. The van der Waals surface area contributed by atoms with Gasteiger partial charge in [-0.2, -0.15) is 11.8 Å². The van der Waals surface area contributed by atoms with Gasteiger partial charge in [0.05, 0.1) is 0 Å². The Balaban J connectivity index is 2.11. The van der Waals surface area contributed by atoms with E-state index in [1.165, 1.54) is 24.3 Å². The molecule has 88 valence electrons. The second-order valence-electron chi connectivity index (χ2n) is 4.44. The molecule has 0 spiro atoms. The molecule has 0 unspecified atom stereocenters. The van der Waals surface area contributed by atoms with E-state index < -0.39 is 0 Å². The maximum Gasteiger partial charge on any atom is -0.00113 e. The maximum atomic E-state index is 3.24. The molecule has 1 aromatic carbocycles. The van der Waals surface area contributed by atoms with Crippen molar-refractivity contribution >= 4 is 11.8 Å².